The molecule has 0 aromatic heterocycles. The Bertz CT molecular complexity index is 709. The van der Waals surface area contributed by atoms with Crippen LogP contribution in [0.1, 0.15) is 37.7 Å². The minimum absolute atomic E-state index is 0.00452. The predicted octanol–water partition coefficient (Wildman–Crippen LogP) is 1.26. The summed E-state index contributed by atoms with van der Waals surface area (Å²) in [5.41, 5.74) is 1.02. The second-order valence-electron chi connectivity index (χ2n) is 7.88. The Labute approximate surface area is 172 Å². The second kappa shape index (κ2) is 10.4. The number of carbonyl (C=O) groups excluding carboxylic acids is 3. The lowest BCUT2D eigenvalue weighted by atomic mass is 9.95. The zero-order valence-electron chi connectivity index (χ0n) is 17.0. The van der Waals surface area contributed by atoms with Gasteiger partial charge in [-0.05, 0) is 24.8 Å². The third kappa shape index (κ3) is 5.79. The Balaban J connectivity index is 1.54. The van der Waals surface area contributed by atoms with E-state index >= 15 is 0 Å². The van der Waals surface area contributed by atoms with Crippen LogP contribution in [-0.2, 0) is 20.9 Å². The number of aliphatic hydroxyl groups excluding tert-OH is 1. The number of nitrogens with zero attached hydrogens (tertiary/aromatic N) is 3. The third-order valence-corrected chi connectivity index (χ3v) is 5.77. The lowest BCUT2D eigenvalue weighted by Gasteiger charge is -2.35. The standard InChI is InChI=1S/C22H31N3O4/c26-15-14-25(16-18-6-2-1-3-7-18)22(29)19-9-10-21(28)24(17-19)13-5-12-23-11-4-8-20(23)27/h1-3,6-7,19,26H,4-5,8-17H2/t19-/m1/s1. The number of hydrogen-bond acceptors (Lipinski definition) is 4. The average molecular weight is 402 g/mol. The quantitative estimate of drug-likeness (QED) is 0.675. The Morgan fingerprint density at radius 3 is 2.48 bits per heavy atom. The molecule has 1 aromatic rings. The number of likely N-dealkylation sites (tertiary alicyclic amines) is 2. The lowest BCUT2D eigenvalue weighted by molar-refractivity contribution is -0.143. The zero-order chi connectivity index (χ0) is 20.6. The summed E-state index contributed by atoms with van der Waals surface area (Å²) in [6.45, 7) is 3.14. The van der Waals surface area contributed by atoms with Crippen LogP contribution in [0.2, 0.25) is 0 Å². The smallest absolute Gasteiger partial charge is 0.227 e. The Hall–Kier alpha value is -2.41. The zero-order valence-corrected chi connectivity index (χ0v) is 17.0. The number of amides is 3. The molecule has 2 aliphatic heterocycles. The highest BCUT2D eigenvalue weighted by atomic mass is 16.3. The van der Waals surface area contributed by atoms with E-state index in [1.807, 2.05) is 35.2 Å². The van der Waals surface area contributed by atoms with Gasteiger partial charge >= 0.3 is 0 Å². The summed E-state index contributed by atoms with van der Waals surface area (Å²) in [6, 6.07) is 9.73. The van der Waals surface area contributed by atoms with Crippen molar-refractivity contribution in [2.24, 2.45) is 5.92 Å². The summed E-state index contributed by atoms with van der Waals surface area (Å²) in [4.78, 5) is 42.5. The summed E-state index contributed by atoms with van der Waals surface area (Å²) in [7, 11) is 0. The molecular formula is C22H31N3O4. The maximum atomic E-state index is 13.1. The monoisotopic (exact) mass is 401 g/mol. The largest absolute Gasteiger partial charge is 0.395 e. The molecule has 2 heterocycles. The lowest BCUT2D eigenvalue weighted by Crippen LogP contribution is -2.48. The molecule has 158 valence electrons. The third-order valence-electron chi connectivity index (χ3n) is 5.77. The van der Waals surface area contributed by atoms with Gasteiger partial charge in [-0.2, -0.15) is 0 Å². The molecule has 2 saturated heterocycles. The fourth-order valence-electron chi connectivity index (χ4n) is 4.18. The molecule has 3 amide bonds. The number of aliphatic hydroxyl groups is 1. The second-order valence-corrected chi connectivity index (χ2v) is 7.88. The minimum atomic E-state index is -0.239. The van der Waals surface area contributed by atoms with Crippen LogP contribution in [0.15, 0.2) is 30.3 Å². The number of carbonyl (C=O) groups is 3. The van der Waals surface area contributed by atoms with E-state index in [9.17, 15) is 19.5 Å². The van der Waals surface area contributed by atoms with E-state index in [0.717, 1.165) is 24.9 Å². The molecule has 7 nitrogen and oxygen atoms in total. The molecule has 0 radical (unpaired) electrons. The van der Waals surface area contributed by atoms with Crippen LogP contribution < -0.4 is 0 Å². The number of benzene rings is 1. The number of piperidine rings is 1. The number of hydrogen-bond donors (Lipinski definition) is 1. The number of rotatable bonds is 9. The summed E-state index contributed by atoms with van der Waals surface area (Å²) < 4.78 is 0. The fraction of sp³-hybridized carbons (Fsp3) is 0.591. The van der Waals surface area contributed by atoms with Crippen molar-refractivity contribution in [3.63, 3.8) is 0 Å². The van der Waals surface area contributed by atoms with Crippen molar-refractivity contribution in [2.45, 2.75) is 38.6 Å². The Morgan fingerprint density at radius 2 is 1.79 bits per heavy atom. The predicted molar refractivity (Wildman–Crippen MR) is 109 cm³/mol. The van der Waals surface area contributed by atoms with E-state index < -0.39 is 0 Å². The summed E-state index contributed by atoms with van der Waals surface area (Å²) in [5.74, 6) is 0.0358. The van der Waals surface area contributed by atoms with Gasteiger partial charge in [0.05, 0.1) is 12.5 Å². The Kier molecular flexibility index (Phi) is 7.63. The van der Waals surface area contributed by atoms with Gasteiger partial charge in [0.1, 0.15) is 0 Å². The fourth-order valence-corrected chi connectivity index (χ4v) is 4.18. The van der Waals surface area contributed by atoms with Crippen molar-refractivity contribution in [3.05, 3.63) is 35.9 Å². The van der Waals surface area contributed by atoms with Crippen molar-refractivity contribution < 1.29 is 19.5 Å². The van der Waals surface area contributed by atoms with Gasteiger partial charge in [-0.25, -0.2) is 0 Å². The van der Waals surface area contributed by atoms with E-state index in [1.165, 1.54) is 0 Å². The first-order valence-electron chi connectivity index (χ1n) is 10.6. The first kappa shape index (κ1) is 21.3. The van der Waals surface area contributed by atoms with E-state index in [4.69, 9.17) is 0 Å². The molecule has 0 bridgehead atoms. The van der Waals surface area contributed by atoms with Gasteiger partial charge in [-0.15, -0.1) is 0 Å². The van der Waals surface area contributed by atoms with Gasteiger partial charge in [0, 0.05) is 52.1 Å². The van der Waals surface area contributed by atoms with Crippen molar-refractivity contribution in [1.82, 2.24) is 14.7 Å². The molecule has 1 aromatic carbocycles. The first-order valence-corrected chi connectivity index (χ1v) is 10.6. The molecule has 2 aliphatic rings. The molecule has 1 atom stereocenters. The summed E-state index contributed by atoms with van der Waals surface area (Å²) in [5, 5.41) is 9.41. The summed E-state index contributed by atoms with van der Waals surface area (Å²) in [6.07, 6.45) is 3.21. The van der Waals surface area contributed by atoms with Gasteiger partial charge in [0.15, 0.2) is 0 Å². The van der Waals surface area contributed by atoms with Crippen LogP contribution in [0.5, 0.6) is 0 Å². The van der Waals surface area contributed by atoms with Crippen LogP contribution in [0.3, 0.4) is 0 Å². The van der Waals surface area contributed by atoms with Gasteiger partial charge in [0.25, 0.3) is 0 Å². The van der Waals surface area contributed by atoms with Crippen molar-refractivity contribution in [3.8, 4) is 0 Å². The molecule has 7 heteroatoms. The van der Waals surface area contributed by atoms with E-state index in [2.05, 4.69) is 0 Å². The van der Waals surface area contributed by atoms with Crippen molar-refractivity contribution in [1.29, 1.82) is 0 Å². The molecule has 29 heavy (non-hydrogen) atoms. The van der Waals surface area contributed by atoms with Crippen LogP contribution in [0.25, 0.3) is 0 Å². The maximum absolute atomic E-state index is 13.1. The van der Waals surface area contributed by atoms with Crippen LogP contribution in [-0.4, -0.2) is 76.9 Å². The molecule has 0 saturated carbocycles. The molecule has 1 N–H and O–H groups in total. The Morgan fingerprint density at radius 1 is 1.07 bits per heavy atom. The summed E-state index contributed by atoms with van der Waals surface area (Å²) >= 11 is 0. The van der Waals surface area contributed by atoms with Crippen LogP contribution >= 0.6 is 0 Å². The topological polar surface area (TPSA) is 81.2 Å². The highest BCUT2D eigenvalue weighted by Crippen LogP contribution is 2.21. The highest BCUT2D eigenvalue weighted by molar-refractivity contribution is 5.84. The molecule has 2 fully saturated rings. The molecule has 3 rings (SSSR count). The normalized spacial score (nSPS) is 19.7. The molecule has 0 unspecified atom stereocenters. The average Bonchev–Trinajstić information content (AvgIpc) is 3.14. The van der Waals surface area contributed by atoms with Gasteiger partial charge in [-0.1, -0.05) is 30.3 Å². The molecule has 0 spiro atoms. The highest BCUT2D eigenvalue weighted by Gasteiger charge is 2.32. The molecule has 0 aliphatic carbocycles. The SMILES string of the molecule is O=C1CCCN1CCCN1C[C@H](C(=O)N(CCO)Cc2ccccc2)CCC1=O. The van der Waals surface area contributed by atoms with Crippen LogP contribution in [0, 0.1) is 5.92 Å². The van der Waals surface area contributed by atoms with Gasteiger partial charge < -0.3 is 19.8 Å². The maximum Gasteiger partial charge on any atom is 0.227 e. The van der Waals surface area contributed by atoms with E-state index in [1.54, 1.807) is 9.80 Å². The van der Waals surface area contributed by atoms with Gasteiger partial charge in [-0.3, -0.25) is 14.4 Å². The minimum Gasteiger partial charge on any atom is -0.395 e. The van der Waals surface area contributed by atoms with E-state index in [-0.39, 0.29) is 36.8 Å². The molecular weight excluding hydrogens is 370 g/mol. The van der Waals surface area contributed by atoms with Crippen LogP contribution in [0.4, 0.5) is 0 Å². The van der Waals surface area contributed by atoms with Crippen molar-refractivity contribution >= 4 is 17.7 Å². The van der Waals surface area contributed by atoms with Crippen molar-refractivity contribution in [2.75, 3.05) is 39.3 Å². The van der Waals surface area contributed by atoms with E-state index in [0.29, 0.717) is 45.4 Å². The van der Waals surface area contributed by atoms with Gasteiger partial charge in [0.2, 0.25) is 17.7 Å². The first-order chi connectivity index (χ1) is 14.1.